The lowest BCUT2D eigenvalue weighted by Crippen LogP contribution is -2.53. The van der Waals surface area contributed by atoms with Crippen LogP contribution in [0.1, 0.15) is 25.6 Å². The highest BCUT2D eigenvalue weighted by Gasteiger charge is 2.29. The fourth-order valence-corrected chi connectivity index (χ4v) is 3.20. The third kappa shape index (κ3) is 4.53. The summed E-state index contributed by atoms with van der Waals surface area (Å²) in [4.78, 5) is 9.51. The van der Waals surface area contributed by atoms with Crippen LogP contribution in [0.5, 0.6) is 0 Å². The smallest absolute Gasteiger partial charge is 0.109 e. The summed E-state index contributed by atoms with van der Waals surface area (Å²) in [5.41, 5.74) is 0. The maximum atomic E-state index is 4.52. The van der Waals surface area contributed by atoms with E-state index in [2.05, 4.69) is 52.7 Å². The second kappa shape index (κ2) is 7.92. The minimum Gasteiger partial charge on any atom is -0.338 e. The van der Waals surface area contributed by atoms with E-state index >= 15 is 0 Å². The molecule has 1 fully saturated rings. The summed E-state index contributed by atoms with van der Waals surface area (Å²) in [6, 6.07) is 0.998. The van der Waals surface area contributed by atoms with Crippen LogP contribution in [-0.2, 0) is 13.5 Å². The number of rotatable bonds is 6. The minimum atomic E-state index is 0.455. The molecular weight excluding hydrogens is 262 g/mol. The predicted molar refractivity (Wildman–Crippen MR) is 87.5 cm³/mol. The topological polar surface area (TPSA) is 36.3 Å². The van der Waals surface area contributed by atoms with Gasteiger partial charge in [0.15, 0.2) is 0 Å². The third-order valence-corrected chi connectivity index (χ3v) is 4.56. The SMILES string of the molecule is CCCNC(Cc1nccn1C)C1CN(C)CCCN1C. The molecule has 0 aromatic carbocycles. The Bertz CT molecular complexity index is 417. The fraction of sp³-hybridized carbons (Fsp3) is 0.812. The van der Waals surface area contributed by atoms with Gasteiger partial charge in [-0.15, -0.1) is 0 Å². The molecule has 120 valence electrons. The highest BCUT2D eigenvalue weighted by Crippen LogP contribution is 2.14. The molecule has 21 heavy (non-hydrogen) atoms. The van der Waals surface area contributed by atoms with Gasteiger partial charge in [0, 0.05) is 44.5 Å². The zero-order valence-corrected chi connectivity index (χ0v) is 14.0. The van der Waals surface area contributed by atoms with Gasteiger partial charge in [-0.25, -0.2) is 4.98 Å². The first kappa shape index (κ1) is 16.5. The van der Waals surface area contributed by atoms with Crippen molar-refractivity contribution in [3.05, 3.63) is 18.2 Å². The molecule has 1 aromatic heterocycles. The minimum absolute atomic E-state index is 0.455. The van der Waals surface area contributed by atoms with E-state index in [-0.39, 0.29) is 0 Å². The summed E-state index contributed by atoms with van der Waals surface area (Å²) < 4.78 is 2.14. The number of nitrogens with one attached hydrogen (secondary N) is 1. The van der Waals surface area contributed by atoms with Crippen molar-refractivity contribution in [3.8, 4) is 0 Å². The van der Waals surface area contributed by atoms with E-state index in [1.807, 2.05) is 12.4 Å². The Morgan fingerprint density at radius 2 is 2.14 bits per heavy atom. The van der Waals surface area contributed by atoms with Gasteiger partial charge in [0.05, 0.1) is 0 Å². The Morgan fingerprint density at radius 1 is 1.33 bits per heavy atom. The van der Waals surface area contributed by atoms with E-state index in [1.165, 1.54) is 31.8 Å². The molecule has 5 nitrogen and oxygen atoms in total. The number of imidazole rings is 1. The third-order valence-electron chi connectivity index (χ3n) is 4.56. The number of aryl methyl sites for hydroxylation is 1. The average Bonchev–Trinajstić information content (AvgIpc) is 2.77. The lowest BCUT2D eigenvalue weighted by molar-refractivity contribution is 0.175. The van der Waals surface area contributed by atoms with Gasteiger partial charge in [0.25, 0.3) is 0 Å². The number of hydrogen-bond acceptors (Lipinski definition) is 4. The zero-order valence-electron chi connectivity index (χ0n) is 14.0. The Kier molecular flexibility index (Phi) is 6.21. The number of hydrogen-bond donors (Lipinski definition) is 1. The van der Waals surface area contributed by atoms with Crippen LogP contribution in [0.15, 0.2) is 12.4 Å². The highest BCUT2D eigenvalue weighted by molar-refractivity contribution is 4.99. The van der Waals surface area contributed by atoms with Crippen molar-refractivity contribution in [1.82, 2.24) is 24.7 Å². The monoisotopic (exact) mass is 293 g/mol. The first-order valence-electron chi connectivity index (χ1n) is 8.20. The quantitative estimate of drug-likeness (QED) is 0.848. The van der Waals surface area contributed by atoms with Crippen LogP contribution in [0.3, 0.4) is 0 Å². The van der Waals surface area contributed by atoms with E-state index in [4.69, 9.17) is 0 Å². The van der Waals surface area contributed by atoms with E-state index in [9.17, 15) is 0 Å². The Balaban J connectivity index is 2.11. The van der Waals surface area contributed by atoms with Crippen molar-refractivity contribution < 1.29 is 0 Å². The highest BCUT2D eigenvalue weighted by atomic mass is 15.2. The van der Waals surface area contributed by atoms with Crippen LogP contribution >= 0.6 is 0 Å². The summed E-state index contributed by atoms with van der Waals surface area (Å²) in [6.07, 6.45) is 7.35. The molecule has 0 spiro atoms. The molecule has 0 amide bonds. The number of likely N-dealkylation sites (N-methyl/N-ethyl adjacent to an activating group) is 2. The summed E-state index contributed by atoms with van der Waals surface area (Å²) in [5.74, 6) is 1.17. The average molecular weight is 293 g/mol. The van der Waals surface area contributed by atoms with Crippen molar-refractivity contribution in [2.45, 2.75) is 38.3 Å². The van der Waals surface area contributed by atoms with Gasteiger partial charge >= 0.3 is 0 Å². The molecule has 1 N–H and O–H groups in total. The molecule has 2 rings (SSSR count). The first-order chi connectivity index (χ1) is 10.1. The van der Waals surface area contributed by atoms with Crippen LogP contribution in [0.25, 0.3) is 0 Å². The first-order valence-corrected chi connectivity index (χ1v) is 8.20. The largest absolute Gasteiger partial charge is 0.338 e. The molecule has 1 aliphatic heterocycles. The Morgan fingerprint density at radius 3 is 2.81 bits per heavy atom. The van der Waals surface area contributed by atoms with Crippen molar-refractivity contribution in [2.75, 3.05) is 40.3 Å². The van der Waals surface area contributed by atoms with Gasteiger partial charge in [-0.3, -0.25) is 0 Å². The summed E-state index contributed by atoms with van der Waals surface area (Å²) >= 11 is 0. The van der Waals surface area contributed by atoms with E-state index in [0.717, 1.165) is 19.5 Å². The van der Waals surface area contributed by atoms with Crippen molar-refractivity contribution >= 4 is 0 Å². The van der Waals surface area contributed by atoms with Crippen LogP contribution in [0, 0.1) is 0 Å². The van der Waals surface area contributed by atoms with Crippen molar-refractivity contribution in [1.29, 1.82) is 0 Å². The zero-order chi connectivity index (χ0) is 15.2. The molecule has 1 saturated heterocycles. The van der Waals surface area contributed by atoms with Gasteiger partial charge in [0.1, 0.15) is 5.82 Å². The Labute approximate surface area is 129 Å². The molecule has 0 saturated carbocycles. The molecule has 1 aromatic rings. The van der Waals surface area contributed by atoms with Gasteiger partial charge in [0.2, 0.25) is 0 Å². The second-order valence-corrected chi connectivity index (χ2v) is 6.38. The molecule has 2 heterocycles. The normalized spacial score (nSPS) is 23.1. The van der Waals surface area contributed by atoms with Gasteiger partial charge in [-0.05, 0) is 46.6 Å². The lowest BCUT2D eigenvalue weighted by atomic mass is 10.0. The molecule has 0 aliphatic carbocycles. The van der Waals surface area contributed by atoms with Crippen molar-refractivity contribution in [2.24, 2.45) is 7.05 Å². The van der Waals surface area contributed by atoms with Crippen LogP contribution in [-0.4, -0.2) is 71.7 Å². The fourth-order valence-electron chi connectivity index (χ4n) is 3.20. The lowest BCUT2D eigenvalue weighted by Gasteiger charge is -2.35. The molecule has 1 aliphatic rings. The van der Waals surface area contributed by atoms with E-state index in [1.54, 1.807) is 0 Å². The standard InChI is InChI=1S/C16H31N5/c1-5-7-17-14(12-16-18-8-11-21(16)4)15-13-19(2)9-6-10-20(15)3/h8,11,14-15,17H,5-7,9-10,12-13H2,1-4H3. The number of nitrogens with zero attached hydrogens (tertiary/aromatic N) is 4. The molecule has 5 heteroatoms. The second-order valence-electron chi connectivity index (χ2n) is 6.38. The van der Waals surface area contributed by atoms with E-state index < -0.39 is 0 Å². The molecule has 0 radical (unpaired) electrons. The van der Waals surface area contributed by atoms with Crippen molar-refractivity contribution in [3.63, 3.8) is 0 Å². The molecular formula is C16H31N5. The van der Waals surface area contributed by atoms with Crippen LogP contribution in [0.2, 0.25) is 0 Å². The predicted octanol–water partition coefficient (Wildman–Crippen LogP) is 0.967. The maximum Gasteiger partial charge on any atom is 0.109 e. The van der Waals surface area contributed by atoms with Crippen LogP contribution < -0.4 is 5.32 Å². The summed E-state index contributed by atoms with van der Waals surface area (Å²) in [7, 11) is 6.59. The molecule has 2 atom stereocenters. The molecule has 0 bridgehead atoms. The summed E-state index contributed by atoms with van der Waals surface area (Å²) in [6.45, 7) is 6.81. The van der Waals surface area contributed by atoms with Gasteiger partial charge in [-0.2, -0.15) is 0 Å². The summed E-state index contributed by atoms with van der Waals surface area (Å²) in [5, 5.41) is 3.76. The number of aromatic nitrogens is 2. The van der Waals surface area contributed by atoms with Crippen LogP contribution in [0.4, 0.5) is 0 Å². The van der Waals surface area contributed by atoms with E-state index in [0.29, 0.717) is 12.1 Å². The maximum absolute atomic E-state index is 4.52. The Hall–Kier alpha value is -0.910. The van der Waals surface area contributed by atoms with Gasteiger partial charge < -0.3 is 19.7 Å². The van der Waals surface area contributed by atoms with Gasteiger partial charge in [-0.1, -0.05) is 6.92 Å². The molecule has 2 unspecified atom stereocenters.